The van der Waals surface area contributed by atoms with Gasteiger partial charge in [0.2, 0.25) is 0 Å². The van der Waals surface area contributed by atoms with E-state index < -0.39 is 0 Å². The number of benzene rings is 1. The Morgan fingerprint density at radius 3 is 3.12 bits per heavy atom. The molecule has 3 nitrogen and oxygen atoms in total. The molecule has 1 aromatic carbocycles. The molecule has 2 rings (SSSR count). The fourth-order valence-corrected chi connectivity index (χ4v) is 2.12. The average molecular weight is 236 g/mol. The molecule has 1 aliphatic rings. The summed E-state index contributed by atoms with van der Waals surface area (Å²) in [5, 5.41) is 9.53. The Kier molecular flexibility index (Phi) is 4.26. The highest BCUT2D eigenvalue weighted by molar-refractivity contribution is 5.42. The number of ether oxygens (including phenoxy) is 2. The zero-order valence-corrected chi connectivity index (χ0v) is 10.3. The second-order valence-electron chi connectivity index (χ2n) is 4.53. The number of aromatic hydroxyl groups is 1. The van der Waals surface area contributed by atoms with E-state index in [0.29, 0.717) is 18.5 Å². The molecule has 0 amide bonds. The van der Waals surface area contributed by atoms with Crippen LogP contribution in [0.15, 0.2) is 18.2 Å². The van der Waals surface area contributed by atoms with Crippen molar-refractivity contribution in [3.8, 4) is 11.5 Å². The Labute approximate surface area is 102 Å². The van der Waals surface area contributed by atoms with E-state index >= 15 is 0 Å². The van der Waals surface area contributed by atoms with E-state index in [0.717, 1.165) is 30.8 Å². The Hall–Kier alpha value is -1.22. The zero-order chi connectivity index (χ0) is 12.1. The molecule has 0 saturated carbocycles. The van der Waals surface area contributed by atoms with Crippen LogP contribution in [0.1, 0.15) is 31.2 Å². The summed E-state index contributed by atoms with van der Waals surface area (Å²) >= 11 is 0. The van der Waals surface area contributed by atoms with Crippen molar-refractivity contribution in [3.05, 3.63) is 23.8 Å². The van der Waals surface area contributed by atoms with Crippen molar-refractivity contribution in [1.29, 1.82) is 0 Å². The fourth-order valence-electron chi connectivity index (χ4n) is 2.12. The molecule has 17 heavy (non-hydrogen) atoms. The maximum Gasteiger partial charge on any atom is 0.125 e. The molecular weight excluding hydrogens is 216 g/mol. The lowest BCUT2D eigenvalue weighted by atomic mass is 10.1. The van der Waals surface area contributed by atoms with Gasteiger partial charge in [0, 0.05) is 12.2 Å². The van der Waals surface area contributed by atoms with Crippen LogP contribution in [-0.4, -0.2) is 24.4 Å². The summed E-state index contributed by atoms with van der Waals surface area (Å²) < 4.78 is 11.2. The summed E-state index contributed by atoms with van der Waals surface area (Å²) in [5.41, 5.74) is 0.810. The smallest absolute Gasteiger partial charge is 0.125 e. The van der Waals surface area contributed by atoms with Crippen LogP contribution >= 0.6 is 0 Å². The fraction of sp³-hybridized carbons (Fsp3) is 0.571. The Morgan fingerprint density at radius 2 is 2.35 bits per heavy atom. The number of hydrogen-bond acceptors (Lipinski definition) is 3. The first-order valence-corrected chi connectivity index (χ1v) is 6.30. The topological polar surface area (TPSA) is 38.7 Å². The minimum absolute atomic E-state index is 0.293. The molecule has 0 radical (unpaired) electrons. The summed E-state index contributed by atoms with van der Waals surface area (Å²) in [6.07, 6.45) is 4.88. The standard InChI is InChI=1S/C14H20O3/c1-11-13(15)7-2-8-14(11)17-10-4-6-12-5-3-9-16-12/h2,7-8,12,15H,3-6,9-10H2,1H3. The molecule has 1 unspecified atom stereocenters. The van der Waals surface area contributed by atoms with E-state index in [1.165, 1.54) is 12.8 Å². The average Bonchev–Trinajstić information content (AvgIpc) is 2.83. The van der Waals surface area contributed by atoms with Crippen molar-refractivity contribution in [2.45, 2.75) is 38.7 Å². The maximum absolute atomic E-state index is 9.53. The molecule has 1 aliphatic heterocycles. The lowest BCUT2D eigenvalue weighted by Gasteiger charge is -2.12. The normalized spacial score (nSPS) is 19.5. The molecule has 1 saturated heterocycles. The second kappa shape index (κ2) is 5.92. The molecule has 3 heteroatoms. The molecule has 1 N–H and O–H groups in total. The van der Waals surface area contributed by atoms with Crippen molar-refractivity contribution in [1.82, 2.24) is 0 Å². The molecule has 94 valence electrons. The first kappa shape index (κ1) is 12.2. The third kappa shape index (κ3) is 3.37. The summed E-state index contributed by atoms with van der Waals surface area (Å²) in [6.45, 7) is 3.46. The number of phenolic OH excluding ortho intramolecular Hbond substituents is 1. The maximum atomic E-state index is 9.53. The van der Waals surface area contributed by atoms with Crippen molar-refractivity contribution < 1.29 is 14.6 Å². The number of hydrogen-bond donors (Lipinski definition) is 1. The summed E-state index contributed by atoms with van der Waals surface area (Å²) in [7, 11) is 0. The van der Waals surface area contributed by atoms with Crippen LogP contribution in [0.3, 0.4) is 0 Å². The molecule has 1 fully saturated rings. The van der Waals surface area contributed by atoms with E-state index in [9.17, 15) is 5.11 Å². The van der Waals surface area contributed by atoms with Gasteiger partial charge in [-0.25, -0.2) is 0 Å². The highest BCUT2D eigenvalue weighted by atomic mass is 16.5. The quantitative estimate of drug-likeness (QED) is 0.799. The van der Waals surface area contributed by atoms with Gasteiger partial charge in [-0.1, -0.05) is 6.07 Å². The molecule has 0 aliphatic carbocycles. The molecular formula is C14H20O3. The largest absolute Gasteiger partial charge is 0.508 e. The Balaban J connectivity index is 1.72. The van der Waals surface area contributed by atoms with Gasteiger partial charge in [-0.3, -0.25) is 0 Å². The van der Waals surface area contributed by atoms with Crippen LogP contribution in [-0.2, 0) is 4.74 Å². The molecule has 0 bridgehead atoms. The molecule has 0 aromatic heterocycles. The summed E-state index contributed by atoms with van der Waals surface area (Å²) in [4.78, 5) is 0. The highest BCUT2D eigenvalue weighted by Gasteiger charge is 2.14. The first-order valence-electron chi connectivity index (χ1n) is 6.30. The third-order valence-corrected chi connectivity index (χ3v) is 3.21. The van der Waals surface area contributed by atoms with Gasteiger partial charge in [0.05, 0.1) is 12.7 Å². The van der Waals surface area contributed by atoms with Gasteiger partial charge in [0.1, 0.15) is 11.5 Å². The van der Waals surface area contributed by atoms with Gasteiger partial charge < -0.3 is 14.6 Å². The number of phenols is 1. The van der Waals surface area contributed by atoms with E-state index in [-0.39, 0.29) is 0 Å². The van der Waals surface area contributed by atoms with Crippen molar-refractivity contribution in [2.75, 3.05) is 13.2 Å². The van der Waals surface area contributed by atoms with Crippen molar-refractivity contribution in [2.24, 2.45) is 0 Å². The Morgan fingerprint density at radius 1 is 1.47 bits per heavy atom. The van der Waals surface area contributed by atoms with E-state index in [1.807, 2.05) is 13.0 Å². The van der Waals surface area contributed by atoms with Gasteiger partial charge in [-0.2, -0.15) is 0 Å². The predicted molar refractivity (Wildman–Crippen MR) is 66.5 cm³/mol. The summed E-state index contributed by atoms with van der Waals surface area (Å²) in [5.74, 6) is 1.07. The van der Waals surface area contributed by atoms with Crippen LogP contribution in [0.25, 0.3) is 0 Å². The van der Waals surface area contributed by atoms with Crippen LogP contribution < -0.4 is 4.74 Å². The second-order valence-corrected chi connectivity index (χ2v) is 4.53. The van der Waals surface area contributed by atoms with E-state index in [4.69, 9.17) is 9.47 Å². The SMILES string of the molecule is Cc1c(O)cccc1OCCCC1CCCO1. The molecule has 0 spiro atoms. The molecule has 1 aromatic rings. The van der Waals surface area contributed by atoms with Crippen molar-refractivity contribution >= 4 is 0 Å². The first-order chi connectivity index (χ1) is 8.27. The number of rotatable bonds is 5. The zero-order valence-electron chi connectivity index (χ0n) is 10.3. The van der Waals surface area contributed by atoms with Gasteiger partial charge in [0.15, 0.2) is 0 Å². The molecule has 1 heterocycles. The monoisotopic (exact) mass is 236 g/mol. The lowest BCUT2D eigenvalue weighted by Crippen LogP contribution is -2.07. The van der Waals surface area contributed by atoms with Crippen LogP contribution in [0.4, 0.5) is 0 Å². The van der Waals surface area contributed by atoms with Crippen molar-refractivity contribution in [3.63, 3.8) is 0 Å². The van der Waals surface area contributed by atoms with E-state index in [1.54, 1.807) is 12.1 Å². The van der Waals surface area contributed by atoms with Crippen LogP contribution in [0.2, 0.25) is 0 Å². The Bertz CT molecular complexity index is 356. The van der Waals surface area contributed by atoms with Crippen LogP contribution in [0, 0.1) is 6.92 Å². The molecule has 1 atom stereocenters. The van der Waals surface area contributed by atoms with Gasteiger partial charge in [-0.05, 0) is 44.7 Å². The highest BCUT2D eigenvalue weighted by Crippen LogP contribution is 2.26. The minimum Gasteiger partial charge on any atom is -0.508 e. The minimum atomic E-state index is 0.293. The van der Waals surface area contributed by atoms with Gasteiger partial charge in [-0.15, -0.1) is 0 Å². The summed E-state index contributed by atoms with van der Waals surface area (Å²) in [6, 6.07) is 5.37. The lowest BCUT2D eigenvalue weighted by molar-refractivity contribution is 0.0981. The van der Waals surface area contributed by atoms with Gasteiger partial charge in [0.25, 0.3) is 0 Å². The van der Waals surface area contributed by atoms with Crippen LogP contribution in [0.5, 0.6) is 11.5 Å². The third-order valence-electron chi connectivity index (χ3n) is 3.21. The van der Waals surface area contributed by atoms with E-state index in [2.05, 4.69) is 0 Å². The van der Waals surface area contributed by atoms with Gasteiger partial charge >= 0.3 is 0 Å². The predicted octanol–water partition coefficient (Wildman–Crippen LogP) is 3.04.